The minimum atomic E-state index is -0.275. The van der Waals surface area contributed by atoms with Crippen LogP contribution in [0.1, 0.15) is 5.56 Å². The zero-order chi connectivity index (χ0) is 13.4. The van der Waals surface area contributed by atoms with Crippen LogP contribution in [0.15, 0.2) is 40.9 Å². The Hall–Kier alpha value is -1.46. The van der Waals surface area contributed by atoms with E-state index in [1.807, 2.05) is 25.1 Å². The van der Waals surface area contributed by atoms with Gasteiger partial charge in [0.2, 0.25) is 0 Å². The molecule has 1 heterocycles. The molecule has 19 heavy (non-hydrogen) atoms. The third-order valence-electron chi connectivity index (χ3n) is 2.79. The largest absolute Gasteiger partial charge is 0.330 e. The standard InChI is InChI=1S/C14H10BrFN2S/c1-8-3-2-4-12-13(8)18-14(19-12)17-11-7-9(16)5-6-10(11)15/h2-7H,1H3,(H,17,18). The summed E-state index contributed by atoms with van der Waals surface area (Å²) in [6.45, 7) is 2.03. The fourth-order valence-corrected chi connectivity index (χ4v) is 3.15. The average Bonchev–Trinajstić information content (AvgIpc) is 2.78. The number of halogens is 2. The number of aryl methyl sites for hydroxylation is 1. The number of para-hydroxylation sites is 1. The minimum Gasteiger partial charge on any atom is -0.330 e. The maximum atomic E-state index is 13.2. The predicted molar refractivity (Wildman–Crippen MR) is 81.7 cm³/mol. The fourth-order valence-electron chi connectivity index (χ4n) is 1.85. The van der Waals surface area contributed by atoms with E-state index >= 15 is 0 Å². The summed E-state index contributed by atoms with van der Waals surface area (Å²) < 4.78 is 15.2. The van der Waals surface area contributed by atoms with E-state index in [1.54, 1.807) is 17.4 Å². The maximum absolute atomic E-state index is 13.2. The number of fused-ring (bicyclic) bond motifs is 1. The lowest BCUT2D eigenvalue weighted by Crippen LogP contribution is -1.91. The summed E-state index contributed by atoms with van der Waals surface area (Å²) in [4.78, 5) is 4.54. The molecule has 0 unspecified atom stereocenters. The van der Waals surface area contributed by atoms with Gasteiger partial charge in [0.05, 0.1) is 15.9 Å². The van der Waals surface area contributed by atoms with Crippen LogP contribution in [-0.4, -0.2) is 4.98 Å². The number of nitrogens with one attached hydrogen (secondary N) is 1. The van der Waals surface area contributed by atoms with Crippen LogP contribution in [0, 0.1) is 12.7 Å². The monoisotopic (exact) mass is 336 g/mol. The van der Waals surface area contributed by atoms with Gasteiger partial charge in [-0.3, -0.25) is 0 Å². The van der Waals surface area contributed by atoms with Crippen molar-refractivity contribution in [2.45, 2.75) is 6.92 Å². The molecule has 3 aromatic rings. The molecule has 2 aromatic carbocycles. The molecule has 0 amide bonds. The molecule has 0 spiro atoms. The number of anilines is 2. The molecule has 0 aliphatic carbocycles. The third kappa shape index (κ3) is 2.48. The van der Waals surface area contributed by atoms with Crippen LogP contribution in [-0.2, 0) is 0 Å². The molecule has 0 saturated heterocycles. The van der Waals surface area contributed by atoms with E-state index in [1.165, 1.54) is 12.1 Å². The second kappa shape index (κ2) is 4.90. The maximum Gasteiger partial charge on any atom is 0.188 e. The van der Waals surface area contributed by atoms with Gasteiger partial charge < -0.3 is 5.32 Å². The molecule has 1 aromatic heterocycles. The topological polar surface area (TPSA) is 24.9 Å². The van der Waals surface area contributed by atoms with E-state index < -0.39 is 0 Å². The van der Waals surface area contributed by atoms with E-state index in [-0.39, 0.29) is 5.82 Å². The Morgan fingerprint density at radius 3 is 2.89 bits per heavy atom. The minimum absolute atomic E-state index is 0.275. The molecular weight excluding hydrogens is 327 g/mol. The summed E-state index contributed by atoms with van der Waals surface area (Å²) in [7, 11) is 0. The summed E-state index contributed by atoms with van der Waals surface area (Å²) in [6.07, 6.45) is 0. The molecule has 2 nitrogen and oxygen atoms in total. The first-order chi connectivity index (χ1) is 9.13. The van der Waals surface area contributed by atoms with Crippen molar-refractivity contribution >= 4 is 48.3 Å². The Bertz CT molecular complexity index is 754. The molecule has 1 N–H and O–H groups in total. The molecule has 96 valence electrons. The Morgan fingerprint density at radius 1 is 1.26 bits per heavy atom. The number of benzene rings is 2. The van der Waals surface area contributed by atoms with Crippen LogP contribution in [0.4, 0.5) is 15.2 Å². The highest BCUT2D eigenvalue weighted by molar-refractivity contribution is 9.10. The molecule has 5 heteroatoms. The van der Waals surface area contributed by atoms with Crippen molar-refractivity contribution in [2.75, 3.05) is 5.32 Å². The zero-order valence-electron chi connectivity index (χ0n) is 10.1. The summed E-state index contributed by atoms with van der Waals surface area (Å²) in [5.41, 5.74) is 2.80. The van der Waals surface area contributed by atoms with E-state index in [0.29, 0.717) is 5.69 Å². The molecule has 0 radical (unpaired) electrons. The summed E-state index contributed by atoms with van der Waals surface area (Å²) in [6, 6.07) is 10.6. The summed E-state index contributed by atoms with van der Waals surface area (Å²) in [5, 5.41) is 3.91. The van der Waals surface area contributed by atoms with Crippen molar-refractivity contribution in [1.29, 1.82) is 0 Å². The van der Waals surface area contributed by atoms with Gasteiger partial charge in [0.25, 0.3) is 0 Å². The highest BCUT2D eigenvalue weighted by Crippen LogP contribution is 2.32. The number of hydrogen-bond donors (Lipinski definition) is 1. The number of rotatable bonds is 2. The normalized spacial score (nSPS) is 10.9. The van der Waals surface area contributed by atoms with Crippen molar-refractivity contribution in [2.24, 2.45) is 0 Å². The first-order valence-electron chi connectivity index (χ1n) is 5.72. The molecule has 0 saturated carbocycles. The molecular formula is C14H10BrFN2S. The van der Waals surface area contributed by atoms with Crippen LogP contribution >= 0.6 is 27.3 Å². The quantitative estimate of drug-likeness (QED) is 0.691. The lowest BCUT2D eigenvalue weighted by Gasteiger charge is -2.04. The molecule has 0 bridgehead atoms. The number of aromatic nitrogens is 1. The highest BCUT2D eigenvalue weighted by atomic mass is 79.9. The van der Waals surface area contributed by atoms with Gasteiger partial charge in [-0.1, -0.05) is 23.5 Å². The van der Waals surface area contributed by atoms with Crippen molar-refractivity contribution < 1.29 is 4.39 Å². The van der Waals surface area contributed by atoms with E-state index in [2.05, 4.69) is 26.2 Å². The van der Waals surface area contributed by atoms with Crippen molar-refractivity contribution in [3.8, 4) is 0 Å². The number of hydrogen-bond acceptors (Lipinski definition) is 3. The lowest BCUT2D eigenvalue weighted by molar-refractivity contribution is 0.628. The third-order valence-corrected chi connectivity index (χ3v) is 4.42. The van der Waals surface area contributed by atoms with Gasteiger partial charge in [0.1, 0.15) is 5.82 Å². The van der Waals surface area contributed by atoms with Crippen LogP contribution in [0.3, 0.4) is 0 Å². The first-order valence-corrected chi connectivity index (χ1v) is 7.32. The van der Waals surface area contributed by atoms with Crippen LogP contribution in [0.5, 0.6) is 0 Å². The highest BCUT2D eigenvalue weighted by Gasteiger charge is 2.08. The molecule has 0 aliphatic heterocycles. The second-order valence-electron chi connectivity index (χ2n) is 4.19. The van der Waals surface area contributed by atoms with Crippen LogP contribution in [0.2, 0.25) is 0 Å². The summed E-state index contributed by atoms with van der Waals surface area (Å²) in [5.74, 6) is -0.275. The van der Waals surface area contributed by atoms with E-state index in [9.17, 15) is 4.39 Å². The fraction of sp³-hybridized carbons (Fsp3) is 0.0714. The summed E-state index contributed by atoms with van der Waals surface area (Å²) >= 11 is 4.95. The smallest absolute Gasteiger partial charge is 0.188 e. The average molecular weight is 337 g/mol. The van der Waals surface area contributed by atoms with Crippen LogP contribution < -0.4 is 5.32 Å². The predicted octanol–water partition coefficient (Wildman–Crippen LogP) is 5.25. The van der Waals surface area contributed by atoms with Gasteiger partial charge in [-0.2, -0.15) is 0 Å². The van der Waals surface area contributed by atoms with Crippen molar-refractivity contribution in [3.63, 3.8) is 0 Å². The van der Waals surface area contributed by atoms with Gasteiger partial charge in [-0.05, 0) is 52.7 Å². The molecule has 0 aliphatic rings. The molecule has 0 atom stereocenters. The SMILES string of the molecule is Cc1cccc2sc(Nc3cc(F)ccc3Br)nc12. The van der Waals surface area contributed by atoms with Crippen LogP contribution in [0.25, 0.3) is 10.2 Å². The van der Waals surface area contributed by atoms with Gasteiger partial charge in [0.15, 0.2) is 5.13 Å². The van der Waals surface area contributed by atoms with E-state index in [4.69, 9.17) is 0 Å². The first kappa shape index (κ1) is 12.6. The Labute approximate surface area is 122 Å². The van der Waals surface area contributed by atoms with Gasteiger partial charge in [-0.15, -0.1) is 0 Å². The van der Waals surface area contributed by atoms with Gasteiger partial charge >= 0.3 is 0 Å². The second-order valence-corrected chi connectivity index (χ2v) is 6.07. The molecule has 0 fully saturated rings. The van der Waals surface area contributed by atoms with E-state index in [0.717, 1.165) is 25.4 Å². The Kier molecular flexibility index (Phi) is 3.24. The van der Waals surface area contributed by atoms with Crippen molar-refractivity contribution in [1.82, 2.24) is 4.98 Å². The Morgan fingerprint density at radius 2 is 2.11 bits per heavy atom. The zero-order valence-corrected chi connectivity index (χ0v) is 12.5. The van der Waals surface area contributed by atoms with Gasteiger partial charge in [-0.25, -0.2) is 9.37 Å². The number of thiazole rings is 1. The van der Waals surface area contributed by atoms with Gasteiger partial charge in [0, 0.05) is 4.47 Å². The Balaban J connectivity index is 2.01. The number of nitrogens with zero attached hydrogens (tertiary/aromatic N) is 1. The lowest BCUT2D eigenvalue weighted by atomic mass is 10.2. The van der Waals surface area contributed by atoms with Crippen molar-refractivity contribution in [3.05, 3.63) is 52.3 Å². The molecule has 3 rings (SSSR count).